The molecule has 1 atom stereocenters. The average molecular weight is 220 g/mol. The minimum atomic E-state index is 0.643. The molecule has 1 aromatic rings. The van der Waals surface area contributed by atoms with Crippen molar-refractivity contribution in [2.45, 2.75) is 18.6 Å². The van der Waals surface area contributed by atoms with Crippen molar-refractivity contribution in [1.82, 2.24) is 5.32 Å². The maximum atomic E-state index is 4.42. The van der Waals surface area contributed by atoms with Gasteiger partial charge in [-0.05, 0) is 12.0 Å². The van der Waals surface area contributed by atoms with Crippen LogP contribution in [0.4, 0.5) is 0 Å². The van der Waals surface area contributed by atoms with E-state index in [1.807, 2.05) is 11.8 Å². The number of benzene rings is 1. The fraction of sp³-hybridized carbons (Fsp3) is 0.417. The highest BCUT2D eigenvalue weighted by molar-refractivity contribution is 8.14. The summed E-state index contributed by atoms with van der Waals surface area (Å²) >= 11 is 1.84. The predicted octanol–water partition coefficient (Wildman–Crippen LogP) is 2.31. The molecule has 0 bridgehead atoms. The molecule has 0 fully saturated rings. The van der Waals surface area contributed by atoms with Crippen molar-refractivity contribution in [1.29, 1.82) is 0 Å². The minimum Gasteiger partial charge on any atom is -0.365 e. The Morgan fingerprint density at radius 3 is 2.87 bits per heavy atom. The van der Waals surface area contributed by atoms with Gasteiger partial charge >= 0.3 is 0 Å². The summed E-state index contributed by atoms with van der Waals surface area (Å²) in [5, 5.41) is 5.13. The largest absolute Gasteiger partial charge is 0.365 e. The van der Waals surface area contributed by atoms with Crippen molar-refractivity contribution in [3.8, 4) is 0 Å². The van der Waals surface area contributed by atoms with Crippen LogP contribution in [0, 0.1) is 0 Å². The highest BCUT2D eigenvalue weighted by atomic mass is 32.2. The lowest BCUT2D eigenvalue weighted by Gasteiger charge is -2.05. The summed E-state index contributed by atoms with van der Waals surface area (Å²) in [6.45, 7) is 4.14. The van der Waals surface area contributed by atoms with Crippen LogP contribution in [0.25, 0.3) is 0 Å². The van der Waals surface area contributed by atoms with Crippen LogP contribution in [0.2, 0.25) is 0 Å². The van der Waals surface area contributed by atoms with Crippen molar-refractivity contribution in [3.63, 3.8) is 0 Å². The number of rotatable bonds is 3. The highest BCUT2D eigenvalue weighted by Crippen LogP contribution is 2.18. The first-order chi connectivity index (χ1) is 7.34. The summed E-state index contributed by atoms with van der Waals surface area (Å²) in [7, 11) is 0. The normalized spacial score (nSPS) is 20.1. The average Bonchev–Trinajstić information content (AvgIpc) is 2.66. The Labute approximate surface area is 95.2 Å². The third kappa shape index (κ3) is 3.27. The lowest BCUT2D eigenvalue weighted by Crippen LogP contribution is -2.22. The maximum absolute atomic E-state index is 4.42. The van der Waals surface area contributed by atoms with Crippen molar-refractivity contribution >= 4 is 16.9 Å². The molecular formula is C12H16N2S. The van der Waals surface area contributed by atoms with E-state index in [4.69, 9.17) is 0 Å². The van der Waals surface area contributed by atoms with Gasteiger partial charge in [-0.1, -0.05) is 49.0 Å². The second-order valence-electron chi connectivity index (χ2n) is 3.74. The Balaban J connectivity index is 1.72. The smallest absolute Gasteiger partial charge is 0.156 e. The van der Waals surface area contributed by atoms with E-state index in [1.54, 1.807) is 0 Å². The predicted molar refractivity (Wildman–Crippen MR) is 67.5 cm³/mol. The van der Waals surface area contributed by atoms with Crippen molar-refractivity contribution in [2.75, 3.05) is 13.1 Å². The summed E-state index contributed by atoms with van der Waals surface area (Å²) in [6.07, 6.45) is 1.06. The van der Waals surface area contributed by atoms with Gasteiger partial charge in [0.2, 0.25) is 0 Å². The van der Waals surface area contributed by atoms with Crippen LogP contribution in [0.1, 0.15) is 12.5 Å². The molecule has 0 amide bonds. The maximum Gasteiger partial charge on any atom is 0.156 e. The topological polar surface area (TPSA) is 24.4 Å². The van der Waals surface area contributed by atoms with Crippen LogP contribution >= 0.6 is 11.8 Å². The van der Waals surface area contributed by atoms with E-state index in [9.17, 15) is 0 Å². The van der Waals surface area contributed by atoms with Gasteiger partial charge in [-0.25, -0.2) is 0 Å². The summed E-state index contributed by atoms with van der Waals surface area (Å²) in [5.74, 6) is 0. The molecule has 1 aromatic carbocycles. The Bertz CT molecular complexity index is 335. The molecule has 0 aliphatic carbocycles. The molecular weight excluding hydrogens is 204 g/mol. The molecule has 2 rings (SSSR count). The van der Waals surface area contributed by atoms with Crippen LogP contribution in [0.3, 0.4) is 0 Å². The molecule has 1 N–H and O–H groups in total. The monoisotopic (exact) mass is 220 g/mol. The first-order valence-corrected chi connectivity index (χ1v) is 6.21. The van der Waals surface area contributed by atoms with Crippen molar-refractivity contribution in [3.05, 3.63) is 35.9 Å². The zero-order valence-corrected chi connectivity index (χ0v) is 9.76. The zero-order chi connectivity index (χ0) is 10.5. The van der Waals surface area contributed by atoms with Gasteiger partial charge in [-0.3, -0.25) is 4.99 Å². The van der Waals surface area contributed by atoms with E-state index in [-0.39, 0.29) is 0 Å². The van der Waals surface area contributed by atoms with Gasteiger partial charge in [0.25, 0.3) is 0 Å². The molecule has 0 saturated carbocycles. The number of aliphatic imine (C=N–C) groups is 1. The zero-order valence-electron chi connectivity index (χ0n) is 8.94. The van der Waals surface area contributed by atoms with Gasteiger partial charge in [0.1, 0.15) is 0 Å². The van der Waals surface area contributed by atoms with Gasteiger partial charge in [0.05, 0.1) is 6.54 Å². The molecule has 2 nitrogen and oxygen atoms in total. The summed E-state index contributed by atoms with van der Waals surface area (Å²) in [4.78, 5) is 4.42. The van der Waals surface area contributed by atoms with Gasteiger partial charge in [0, 0.05) is 11.8 Å². The van der Waals surface area contributed by atoms with E-state index in [0.29, 0.717) is 5.25 Å². The number of nitrogens with zero attached hydrogens (tertiary/aromatic N) is 1. The molecule has 15 heavy (non-hydrogen) atoms. The number of hydrogen-bond acceptors (Lipinski definition) is 3. The molecule has 1 aliphatic rings. The second-order valence-corrected chi connectivity index (χ2v) is 5.16. The quantitative estimate of drug-likeness (QED) is 0.845. The van der Waals surface area contributed by atoms with Crippen LogP contribution in [-0.2, 0) is 6.42 Å². The lowest BCUT2D eigenvalue weighted by atomic mass is 10.2. The third-order valence-corrected chi connectivity index (χ3v) is 3.39. The SMILES string of the molecule is C[C@H]1CN=C(NCCc2ccccc2)S1. The Hall–Kier alpha value is -0.960. The Morgan fingerprint density at radius 1 is 1.40 bits per heavy atom. The van der Waals surface area contributed by atoms with Crippen LogP contribution < -0.4 is 5.32 Å². The number of thioether (sulfide) groups is 1. The molecule has 0 unspecified atom stereocenters. The van der Waals surface area contributed by atoms with Crippen LogP contribution in [0.15, 0.2) is 35.3 Å². The van der Waals surface area contributed by atoms with Gasteiger partial charge in [0.15, 0.2) is 5.17 Å². The number of amidine groups is 1. The fourth-order valence-electron chi connectivity index (χ4n) is 1.53. The molecule has 1 aliphatic heterocycles. The van der Waals surface area contributed by atoms with E-state index >= 15 is 0 Å². The van der Waals surface area contributed by atoms with E-state index < -0.39 is 0 Å². The third-order valence-electron chi connectivity index (χ3n) is 2.34. The molecule has 1 heterocycles. The molecule has 0 radical (unpaired) electrons. The first kappa shape index (κ1) is 10.6. The van der Waals surface area contributed by atoms with Crippen LogP contribution in [-0.4, -0.2) is 23.5 Å². The van der Waals surface area contributed by atoms with Gasteiger partial charge < -0.3 is 5.32 Å². The standard InChI is InChI=1S/C12H16N2S/c1-10-9-14-12(15-10)13-8-7-11-5-3-2-4-6-11/h2-6,10H,7-9H2,1H3,(H,13,14)/t10-/m0/s1. The summed E-state index contributed by atoms with van der Waals surface area (Å²) < 4.78 is 0. The van der Waals surface area contributed by atoms with E-state index in [0.717, 1.165) is 24.7 Å². The van der Waals surface area contributed by atoms with E-state index in [2.05, 4.69) is 47.6 Å². The highest BCUT2D eigenvalue weighted by Gasteiger charge is 2.13. The second kappa shape index (κ2) is 5.21. The molecule has 3 heteroatoms. The number of hydrogen-bond donors (Lipinski definition) is 1. The molecule has 80 valence electrons. The van der Waals surface area contributed by atoms with Crippen LogP contribution in [0.5, 0.6) is 0 Å². The summed E-state index contributed by atoms with van der Waals surface area (Å²) in [6, 6.07) is 10.5. The fourth-order valence-corrected chi connectivity index (χ4v) is 2.40. The van der Waals surface area contributed by atoms with Gasteiger partial charge in [-0.15, -0.1) is 0 Å². The van der Waals surface area contributed by atoms with Crippen molar-refractivity contribution < 1.29 is 0 Å². The number of nitrogens with one attached hydrogen (secondary N) is 1. The Kier molecular flexibility index (Phi) is 3.67. The van der Waals surface area contributed by atoms with E-state index in [1.165, 1.54) is 5.56 Å². The molecule has 0 saturated heterocycles. The summed E-state index contributed by atoms with van der Waals surface area (Å²) in [5.41, 5.74) is 1.38. The van der Waals surface area contributed by atoms with Gasteiger partial charge in [-0.2, -0.15) is 0 Å². The lowest BCUT2D eigenvalue weighted by molar-refractivity contribution is 0.869. The first-order valence-electron chi connectivity index (χ1n) is 5.33. The molecule has 0 spiro atoms. The minimum absolute atomic E-state index is 0.643. The van der Waals surface area contributed by atoms with Crippen molar-refractivity contribution in [2.24, 2.45) is 4.99 Å². The Morgan fingerprint density at radius 2 is 2.20 bits per heavy atom. The molecule has 0 aromatic heterocycles.